The van der Waals surface area contributed by atoms with Gasteiger partial charge in [-0.15, -0.1) is 12.4 Å². The second-order valence-electron chi connectivity index (χ2n) is 9.19. The number of anilines is 2. The number of nitrogens with zero attached hydrogens (tertiary/aromatic N) is 1. The molecule has 0 radical (unpaired) electrons. The molecule has 1 aliphatic heterocycles. The highest BCUT2D eigenvalue weighted by atomic mass is 35.5. The van der Waals surface area contributed by atoms with Crippen molar-refractivity contribution in [2.24, 2.45) is 5.73 Å². The number of nitrogens with one attached hydrogen (secondary N) is 2. The average molecular weight is 549 g/mol. The zero-order chi connectivity index (χ0) is 26.0. The standard InChI is InChI=1S/C29H28N4O3S.ClH/c30-29(31)22-13-10-20(11-14-22)12-17-28(34)33-18-4-7-23-19-24(15-16-26(23)33)32-37(35,36)27-9-3-6-21-5-1-2-8-25(21)27;/h1-3,5-6,8-11,13-16,19,32H,4,7,12,17-18H2,(H3,30,31);1H. The summed E-state index contributed by atoms with van der Waals surface area (Å²) in [6.07, 6.45) is 2.53. The Morgan fingerprint density at radius 1 is 0.974 bits per heavy atom. The Kier molecular flexibility index (Phi) is 8.04. The van der Waals surface area contributed by atoms with Crippen LogP contribution in [0.2, 0.25) is 0 Å². The van der Waals surface area contributed by atoms with Gasteiger partial charge in [0.25, 0.3) is 10.0 Å². The fraction of sp³-hybridized carbons (Fsp3) is 0.172. The normalized spacial score (nSPS) is 12.9. The third-order valence-electron chi connectivity index (χ3n) is 6.68. The molecule has 1 amide bonds. The van der Waals surface area contributed by atoms with E-state index in [2.05, 4.69) is 4.72 Å². The number of fused-ring (bicyclic) bond motifs is 2. The molecule has 0 unspecified atom stereocenters. The van der Waals surface area contributed by atoms with Gasteiger partial charge in [0, 0.05) is 35.3 Å². The van der Waals surface area contributed by atoms with Gasteiger partial charge in [0.15, 0.2) is 0 Å². The van der Waals surface area contributed by atoms with Gasteiger partial charge in [-0.3, -0.25) is 14.9 Å². The second kappa shape index (κ2) is 11.2. The van der Waals surface area contributed by atoms with Crippen LogP contribution in [0.25, 0.3) is 10.8 Å². The van der Waals surface area contributed by atoms with Crippen LogP contribution in [-0.2, 0) is 27.7 Å². The molecule has 4 N–H and O–H groups in total. The Morgan fingerprint density at radius 3 is 2.47 bits per heavy atom. The van der Waals surface area contributed by atoms with Gasteiger partial charge < -0.3 is 10.6 Å². The van der Waals surface area contributed by atoms with E-state index in [1.165, 1.54) is 0 Å². The zero-order valence-corrected chi connectivity index (χ0v) is 22.3. The van der Waals surface area contributed by atoms with E-state index in [1.807, 2.05) is 48.5 Å². The molecule has 1 aliphatic rings. The summed E-state index contributed by atoms with van der Waals surface area (Å²) < 4.78 is 29.2. The van der Waals surface area contributed by atoms with Gasteiger partial charge in [0.2, 0.25) is 5.91 Å². The highest BCUT2D eigenvalue weighted by Gasteiger charge is 2.24. The summed E-state index contributed by atoms with van der Waals surface area (Å²) in [5, 5.41) is 9.03. The molecule has 0 bridgehead atoms. The predicted molar refractivity (Wildman–Crippen MR) is 155 cm³/mol. The van der Waals surface area contributed by atoms with E-state index in [0.717, 1.165) is 35.0 Å². The number of benzene rings is 4. The zero-order valence-electron chi connectivity index (χ0n) is 20.7. The maximum absolute atomic E-state index is 13.2. The lowest BCUT2D eigenvalue weighted by molar-refractivity contribution is -0.118. The highest BCUT2D eigenvalue weighted by Crippen LogP contribution is 2.32. The first-order valence-electron chi connectivity index (χ1n) is 12.2. The largest absolute Gasteiger partial charge is 0.384 e. The maximum Gasteiger partial charge on any atom is 0.262 e. The van der Waals surface area contributed by atoms with Crippen LogP contribution in [0.1, 0.15) is 29.5 Å². The monoisotopic (exact) mass is 548 g/mol. The molecule has 0 atom stereocenters. The van der Waals surface area contributed by atoms with E-state index in [0.29, 0.717) is 36.0 Å². The van der Waals surface area contributed by atoms with Crippen LogP contribution in [0.5, 0.6) is 0 Å². The van der Waals surface area contributed by atoms with E-state index in [9.17, 15) is 13.2 Å². The van der Waals surface area contributed by atoms with E-state index in [-0.39, 0.29) is 29.0 Å². The molecule has 7 nitrogen and oxygen atoms in total. The Balaban J connectivity index is 0.00000336. The first-order valence-corrected chi connectivity index (χ1v) is 13.7. The molecule has 0 spiro atoms. The first kappa shape index (κ1) is 27.2. The number of sulfonamides is 1. The number of amides is 1. The van der Waals surface area contributed by atoms with Crippen LogP contribution < -0.4 is 15.4 Å². The first-order chi connectivity index (χ1) is 17.8. The Hall–Kier alpha value is -3.88. The highest BCUT2D eigenvalue weighted by molar-refractivity contribution is 7.93. The summed E-state index contributed by atoms with van der Waals surface area (Å²) in [7, 11) is -3.80. The van der Waals surface area contributed by atoms with Gasteiger partial charge in [-0.2, -0.15) is 0 Å². The summed E-state index contributed by atoms with van der Waals surface area (Å²) >= 11 is 0. The van der Waals surface area contributed by atoms with Crippen LogP contribution in [0.3, 0.4) is 0 Å². The van der Waals surface area contributed by atoms with Crippen molar-refractivity contribution in [2.75, 3.05) is 16.2 Å². The quantitative estimate of drug-likeness (QED) is 0.216. The van der Waals surface area contributed by atoms with Crippen molar-refractivity contribution in [3.8, 4) is 0 Å². The summed E-state index contributed by atoms with van der Waals surface area (Å²) in [4.78, 5) is 15.1. The SMILES string of the molecule is Cl.N=C(N)c1ccc(CCC(=O)N2CCCc3cc(NS(=O)(=O)c4cccc5ccccc45)ccc32)cc1. The Bertz CT molecular complexity index is 1600. The van der Waals surface area contributed by atoms with Gasteiger partial charge in [0.05, 0.1) is 4.90 Å². The number of nitrogen functional groups attached to an aromatic ring is 1. The predicted octanol–water partition coefficient (Wildman–Crippen LogP) is 5.26. The molecule has 0 saturated heterocycles. The molecule has 38 heavy (non-hydrogen) atoms. The van der Waals surface area contributed by atoms with Crippen molar-refractivity contribution in [1.82, 2.24) is 0 Å². The fourth-order valence-corrected chi connectivity index (χ4v) is 6.08. The van der Waals surface area contributed by atoms with E-state index < -0.39 is 10.0 Å². The van der Waals surface area contributed by atoms with Crippen LogP contribution in [0, 0.1) is 5.41 Å². The van der Waals surface area contributed by atoms with E-state index in [1.54, 1.807) is 41.3 Å². The molecule has 4 aromatic carbocycles. The number of amidine groups is 1. The molecule has 0 saturated carbocycles. The molecule has 4 aromatic rings. The van der Waals surface area contributed by atoms with Crippen molar-refractivity contribution in [3.63, 3.8) is 0 Å². The molecule has 5 rings (SSSR count). The van der Waals surface area contributed by atoms with Crippen LogP contribution in [-0.4, -0.2) is 26.7 Å². The van der Waals surface area contributed by atoms with Crippen LogP contribution >= 0.6 is 12.4 Å². The molecule has 1 heterocycles. The van der Waals surface area contributed by atoms with Gasteiger partial charge >= 0.3 is 0 Å². The summed E-state index contributed by atoms with van der Waals surface area (Å²) in [5.41, 5.74) is 9.43. The van der Waals surface area contributed by atoms with Gasteiger partial charge in [0.1, 0.15) is 5.84 Å². The van der Waals surface area contributed by atoms with E-state index in [4.69, 9.17) is 11.1 Å². The minimum Gasteiger partial charge on any atom is -0.384 e. The summed E-state index contributed by atoms with van der Waals surface area (Å²) in [5.74, 6) is 0.0482. The third kappa shape index (κ3) is 5.66. The number of hydrogen-bond donors (Lipinski definition) is 3. The molecule has 9 heteroatoms. The van der Waals surface area contributed by atoms with Crippen molar-refractivity contribution in [2.45, 2.75) is 30.6 Å². The van der Waals surface area contributed by atoms with Crippen molar-refractivity contribution >= 4 is 56.3 Å². The molecule has 0 aliphatic carbocycles. The number of halogens is 1. The molecule has 196 valence electrons. The lowest BCUT2D eigenvalue weighted by atomic mass is 10.00. The number of aryl methyl sites for hydroxylation is 2. The third-order valence-corrected chi connectivity index (χ3v) is 8.12. The second-order valence-corrected chi connectivity index (χ2v) is 10.8. The Morgan fingerprint density at radius 2 is 1.71 bits per heavy atom. The lowest BCUT2D eigenvalue weighted by Crippen LogP contribution is -2.35. The van der Waals surface area contributed by atoms with Gasteiger partial charge in [-0.25, -0.2) is 8.42 Å². The Labute approximate surface area is 228 Å². The number of hydrogen-bond acceptors (Lipinski definition) is 4. The number of carbonyl (C=O) groups is 1. The van der Waals surface area contributed by atoms with E-state index >= 15 is 0 Å². The minimum atomic E-state index is -3.80. The molecular weight excluding hydrogens is 520 g/mol. The maximum atomic E-state index is 13.2. The topological polar surface area (TPSA) is 116 Å². The minimum absolute atomic E-state index is 0. The number of carbonyl (C=O) groups excluding carboxylic acids is 1. The van der Waals surface area contributed by atoms with Crippen molar-refractivity contribution in [1.29, 1.82) is 5.41 Å². The summed E-state index contributed by atoms with van der Waals surface area (Å²) in [6, 6.07) is 25.4. The van der Waals surface area contributed by atoms with Gasteiger partial charge in [-0.1, -0.05) is 60.7 Å². The van der Waals surface area contributed by atoms with Crippen molar-refractivity contribution in [3.05, 3.63) is 102 Å². The van der Waals surface area contributed by atoms with Crippen LogP contribution in [0.4, 0.5) is 11.4 Å². The molecule has 0 fully saturated rings. The average Bonchev–Trinajstić information content (AvgIpc) is 2.91. The summed E-state index contributed by atoms with van der Waals surface area (Å²) in [6.45, 7) is 0.635. The van der Waals surface area contributed by atoms with Crippen LogP contribution in [0.15, 0.2) is 89.8 Å². The smallest absolute Gasteiger partial charge is 0.262 e. The number of nitrogens with two attached hydrogens (primary N) is 1. The molecular formula is C29H29ClN4O3S. The van der Waals surface area contributed by atoms with Gasteiger partial charge in [-0.05, 0) is 60.0 Å². The van der Waals surface area contributed by atoms with Crippen molar-refractivity contribution < 1.29 is 13.2 Å². The molecule has 0 aromatic heterocycles. The number of rotatable bonds is 7. The lowest BCUT2D eigenvalue weighted by Gasteiger charge is -2.30. The fourth-order valence-electron chi connectivity index (χ4n) is 4.80.